The third kappa shape index (κ3) is 5.55. The summed E-state index contributed by atoms with van der Waals surface area (Å²) in [5.41, 5.74) is 0.403. The van der Waals surface area contributed by atoms with Crippen molar-refractivity contribution in [1.29, 1.82) is 0 Å². The van der Waals surface area contributed by atoms with Gasteiger partial charge in [-0.3, -0.25) is 4.98 Å². The maximum absolute atomic E-state index is 14.3. The number of aromatic nitrogens is 4. The number of rotatable bonds is 9. The average molecular weight is 701 g/mol. The first kappa shape index (κ1) is 32.3. The van der Waals surface area contributed by atoms with Crippen LogP contribution in [0.15, 0.2) is 53.6 Å². The number of hydrogen-bond donors (Lipinski definition) is 4. The van der Waals surface area contributed by atoms with Crippen LogP contribution < -0.4 is 10.6 Å². The number of halogens is 4. The number of aliphatic hydroxyl groups is 2. The van der Waals surface area contributed by atoms with Crippen LogP contribution in [0.4, 0.5) is 29.3 Å². The zero-order valence-electron chi connectivity index (χ0n) is 25.4. The first-order chi connectivity index (χ1) is 22.8. The summed E-state index contributed by atoms with van der Waals surface area (Å²) in [4.78, 5) is 17.6. The molecule has 48 heavy (non-hydrogen) atoms. The highest BCUT2D eigenvalue weighted by atomic mass is 32.2. The van der Waals surface area contributed by atoms with Crippen molar-refractivity contribution in [1.82, 2.24) is 19.9 Å². The van der Waals surface area contributed by atoms with Gasteiger partial charge < -0.3 is 20.8 Å². The molecule has 0 saturated heterocycles. The number of nitrogens with zero attached hydrogens (tertiary/aromatic N) is 4. The van der Waals surface area contributed by atoms with E-state index in [4.69, 9.17) is 4.98 Å². The van der Waals surface area contributed by atoms with Crippen molar-refractivity contribution in [3.05, 3.63) is 88.9 Å². The summed E-state index contributed by atoms with van der Waals surface area (Å²) in [6.45, 7) is 3.28. The molecule has 2 aromatic carbocycles. The fraction of sp³-hybridized carbons (Fsp3) is 0.312. The largest absolute Gasteiger partial charge is 0.390 e. The minimum Gasteiger partial charge on any atom is -0.390 e. The number of thiazole rings is 1. The Labute approximate surface area is 275 Å². The van der Waals surface area contributed by atoms with E-state index in [2.05, 4.69) is 25.6 Å². The van der Waals surface area contributed by atoms with Crippen molar-refractivity contribution in [2.45, 2.75) is 49.5 Å². The quantitative estimate of drug-likeness (QED) is 0.156. The number of fused-ring (bicyclic) bond motifs is 2. The molecule has 4 N–H and O–H groups in total. The number of pyridine rings is 1. The average Bonchev–Trinajstić information content (AvgIpc) is 3.25. The number of sulfone groups is 1. The van der Waals surface area contributed by atoms with Crippen LogP contribution in [0.5, 0.6) is 0 Å². The number of anilines is 2. The monoisotopic (exact) mass is 700 g/mol. The summed E-state index contributed by atoms with van der Waals surface area (Å²) >= 11 is 1.37. The molecule has 7 rings (SSSR count). The number of benzene rings is 2. The molecule has 250 valence electrons. The van der Waals surface area contributed by atoms with Crippen LogP contribution in [0.3, 0.4) is 0 Å². The molecular formula is C32H28F4N6O4S2. The Kier molecular flexibility index (Phi) is 7.89. The molecule has 2 fully saturated rings. The number of aliphatic hydroxyl groups excluding tert-OH is 1. The van der Waals surface area contributed by atoms with Gasteiger partial charge in [-0.15, -0.1) is 11.3 Å². The molecule has 10 nitrogen and oxygen atoms in total. The highest BCUT2D eigenvalue weighted by Crippen LogP contribution is 2.60. The molecular weight excluding hydrogens is 673 g/mol. The summed E-state index contributed by atoms with van der Waals surface area (Å²) in [5.74, 6) is -5.44. The van der Waals surface area contributed by atoms with E-state index < -0.39 is 73.3 Å². The zero-order valence-corrected chi connectivity index (χ0v) is 27.0. The molecule has 3 heterocycles. The van der Waals surface area contributed by atoms with Gasteiger partial charge in [-0.05, 0) is 50.6 Å². The topological polar surface area (TPSA) is 150 Å². The Bertz CT molecular complexity index is 2160. The smallest absolute Gasteiger partial charge is 0.225 e. The van der Waals surface area contributed by atoms with Gasteiger partial charge >= 0.3 is 0 Å². The van der Waals surface area contributed by atoms with E-state index in [0.29, 0.717) is 45.7 Å². The predicted molar refractivity (Wildman–Crippen MR) is 170 cm³/mol. The standard InChI is InChI=1S/C32H28F4N6O4S2/c1-14-25(30-40-26-15(2)37-7-6-24(26)47-30)29(42-31(39-14)38-12-20-22(35)4-3-5-23(20)36)41-27-21-8-16(28(43)32(21,27)44)13-48(45,46)19-10-17(33)9-18(34)11-19/h3-7,9-11,16,21,27-28,43-44H,8,12-13H2,1-2H3,(H2,38,39,41,42)/t16-,21+,27?,28-,32+/m1/s1. The van der Waals surface area contributed by atoms with Gasteiger partial charge in [-0.2, -0.15) is 4.98 Å². The second kappa shape index (κ2) is 11.7. The van der Waals surface area contributed by atoms with Gasteiger partial charge in [-0.25, -0.2) is 35.9 Å². The molecule has 5 atom stereocenters. The van der Waals surface area contributed by atoms with E-state index in [1.165, 1.54) is 17.4 Å². The van der Waals surface area contributed by atoms with Crippen molar-refractivity contribution in [2.75, 3.05) is 16.4 Å². The lowest BCUT2D eigenvalue weighted by Crippen LogP contribution is -2.40. The van der Waals surface area contributed by atoms with Crippen molar-refractivity contribution >= 4 is 43.2 Å². The van der Waals surface area contributed by atoms with E-state index in [9.17, 15) is 36.2 Å². The summed E-state index contributed by atoms with van der Waals surface area (Å²) in [5, 5.41) is 29.3. The van der Waals surface area contributed by atoms with Crippen LogP contribution in [-0.2, 0) is 16.4 Å². The molecule has 0 bridgehead atoms. The van der Waals surface area contributed by atoms with E-state index in [1.54, 1.807) is 13.1 Å². The summed E-state index contributed by atoms with van der Waals surface area (Å²) < 4.78 is 83.0. The van der Waals surface area contributed by atoms with Crippen LogP contribution in [0.1, 0.15) is 23.4 Å². The minimum atomic E-state index is -4.20. The molecule has 5 aromatic rings. The van der Waals surface area contributed by atoms with Gasteiger partial charge in [0.1, 0.15) is 45.2 Å². The van der Waals surface area contributed by atoms with Gasteiger partial charge in [-0.1, -0.05) is 6.07 Å². The van der Waals surface area contributed by atoms with Gasteiger partial charge in [0.2, 0.25) is 5.95 Å². The van der Waals surface area contributed by atoms with Gasteiger partial charge in [0, 0.05) is 36.2 Å². The second-order valence-electron chi connectivity index (χ2n) is 12.1. The lowest BCUT2D eigenvalue weighted by molar-refractivity contribution is -0.0122. The Hall–Kier alpha value is -4.25. The molecule has 2 saturated carbocycles. The lowest BCUT2D eigenvalue weighted by Gasteiger charge is -2.24. The molecule has 2 aliphatic rings. The van der Waals surface area contributed by atoms with Crippen molar-refractivity contribution in [2.24, 2.45) is 11.8 Å². The fourth-order valence-corrected chi connectivity index (χ4v) is 9.38. The zero-order chi connectivity index (χ0) is 34.1. The second-order valence-corrected chi connectivity index (χ2v) is 15.2. The van der Waals surface area contributed by atoms with E-state index in [0.717, 1.165) is 16.8 Å². The third-order valence-corrected chi connectivity index (χ3v) is 11.9. The van der Waals surface area contributed by atoms with Crippen LogP contribution in [0, 0.1) is 49.0 Å². The normalized spacial score (nSPS) is 23.3. The fourth-order valence-electron chi connectivity index (χ4n) is 6.61. The van der Waals surface area contributed by atoms with E-state index >= 15 is 0 Å². The van der Waals surface area contributed by atoms with Crippen molar-refractivity contribution in [3.8, 4) is 10.6 Å². The first-order valence-electron chi connectivity index (χ1n) is 14.9. The molecule has 0 radical (unpaired) electrons. The predicted octanol–water partition coefficient (Wildman–Crippen LogP) is 4.93. The van der Waals surface area contributed by atoms with Crippen molar-refractivity contribution in [3.63, 3.8) is 0 Å². The van der Waals surface area contributed by atoms with Crippen LogP contribution >= 0.6 is 11.3 Å². The molecule has 2 aliphatic carbocycles. The molecule has 0 aliphatic heterocycles. The third-order valence-electron chi connectivity index (χ3n) is 9.06. The molecule has 3 aromatic heterocycles. The van der Waals surface area contributed by atoms with Gasteiger partial charge in [0.25, 0.3) is 0 Å². The summed E-state index contributed by atoms with van der Waals surface area (Å²) in [6, 6.07) is 6.58. The maximum atomic E-state index is 14.3. The van der Waals surface area contributed by atoms with Gasteiger partial charge in [0.05, 0.1) is 44.4 Å². The highest BCUT2D eigenvalue weighted by Gasteiger charge is 2.74. The Morgan fingerprint density at radius 2 is 1.71 bits per heavy atom. The SMILES string of the molecule is Cc1nc(NCc2c(F)cccc2F)nc(NC2[C@@H]3C[C@H](CS(=O)(=O)c4cc(F)cc(F)c4)[C@@H](O)[C@@]23O)c1-c1nc2c(C)nccc2s1. The number of nitrogens with one attached hydrogen (secondary N) is 2. The molecule has 0 spiro atoms. The number of hydrogen-bond acceptors (Lipinski definition) is 11. The first-order valence-corrected chi connectivity index (χ1v) is 17.4. The number of aryl methyl sites for hydroxylation is 2. The minimum absolute atomic E-state index is 0.0324. The summed E-state index contributed by atoms with van der Waals surface area (Å²) in [6.07, 6.45) is 0.272. The molecule has 0 amide bonds. The van der Waals surface area contributed by atoms with E-state index in [1.807, 2.05) is 13.0 Å². The lowest BCUT2D eigenvalue weighted by atomic mass is 10.0. The van der Waals surface area contributed by atoms with Gasteiger partial charge in [0.15, 0.2) is 9.84 Å². The highest BCUT2D eigenvalue weighted by molar-refractivity contribution is 7.91. The van der Waals surface area contributed by atoms with E-state index in [-0.39, 0.29) is 30.3 Å². The summed E-state index contributed by atoms with van der Waals surface area (Å²) in [7, 11) is -4.20. The van der Waals surface area contributed by atoms with Crippen LogP contribution in [0.25, 0.3) is 20.8 Å². The van der Waals surface area contributed by atoms with Crippen molar-refractivity contribution < 1.29 is 36.2 Å². The Morgan fingerprint density at radius 3 is 2.35 bits per heavy atom. The molecule has 1 unspecified atom stereocenters. The maximum Gasteiger partial charge on any atom is 0.225 e. The molecule has 16 heteroatoms. The Morgan fingerprint density at radius 1 is 1.00 bits per heavy atom. The Balaban J connectivity index is 1.18. The van der Waals surface area contributed by atoms with Crippen LogP contribution in [0.2, 0.25) is 0 Å². The van der Waals surface area contributed by atoms with Crippen LogP contribution in [-0.4, -0.2) is 62.1 Å².